The Hall–Kier alpha value is -3.03. The van der Waals surface area contributed by atoms with Crippen molar-refractivity contribution in [2.75, 3.05) is 23.1 Å². The Bertz CT molecular complexity index is 1200. The van der Waals surface area contributed by atoms with Gasteiger partial charge in [0.15, 0.2) is 0 Å². The number of hydrogen-bond donors (Lipinski definition) is 3. The van der Waals surface area contributed by atoms with E-state index in [1.54, 1.807) is 12.1 Å². The molecule has 3 rings (SSSR count). The summed E-state index contributed by atoms with van der Waals surface area (Å²) >= 11 is 6.17. The molecule has 0 unspecified atom stereocenters. The van der Waals surface area contributed by atoms with E-state index in [4.69, 9.17) is 11.6 Å². The van der Waals surface area contributed by atoms with Crippen LogP contribution in [0.3, 0.4) is 0 Å². The lowest BCUT2D eigenvalue weighted by Crippen LogP contribution is -2.26. The first-order valence-electron chi connectivity index (χ1n) is 10.2. The summed E-state index contributed by atoms with van der Waals surface area (Å²) in [5.41, 5.74) is 3.63. The number of anilines is 2. The monoisotopic (exact) mass is 471 g/mol. The Morgan fingerprint density at radius 1 is 0.875 bits per heavy atom. The van der Waals surface area contributed by atoms with Crippen LogP contribution in [0.5, 0.6) is 0 Å². The zero-order valence-corrected chi connectivity index (χ0v) is 19.6. The third kappa shape index (κ3) is 6.24. The molecule has 0 fully saturated rings. The van der Waals surface area contributed by atoms with Gasteiger partial charge in [0.25, 0.3) is 15.9 Å². The minimum absolute atomic E-state index is 0.0315. The van der Waals surface area contributed by atoms with E-state index < -0.39 is 15.9 Å². The van der Waals surface area contributed by atoms with Gasteiger partial charge in [0.2, 0.25) is 0 Å². The zero-order chi connectivity index (χ0) is 23.1. The van der Waals surface area contributed by atoms with Gasteiger partial charge in [-0.2, -0.15) is 0 Å². The SMILES string of the molecule is Cc1ccc(NS(=O)(=O)c2ccc(Cl)c(C(=O)NCCCNc3ccccc3)c2)cc1C. The van der Waals surface area contributed by atoms with E-state index in [0.29, 0.717) is 25.2 Å². The van der Waals surface area contributed by atoms with Crippen LogP contribution in [-0.2, 0) is 10.0 Å². The van der Waals surface area contributed by atoms with Gasteiger partial charge in [0.1, 0.15) is 0 Å². The Balaban J connectivity index is 1.62. The number of para-hydroxylation sites is 1. The number of amides is 1. The van der Waals surface area contributed by atoms with Crippen LogP contribution in [0.25, 0.3) is 0 Å². The third-order valence-electron chi connectivity index (χ3n) is 4.99. The van der Waals surface area contributed by atoms with Crippen LogP contribution in [0, 0.1) is 13.8 Å². The Labute approximate surface area is 194 Å². The summed E-state index contributed by atoms with van der Waals surface area (Å²) in [6, 6.07) is 19.2. The van der Waals surface area contributed by atoms with E-state index in [-0.39, 0.29) is 15.5 Å². The van der Waals surface area contributed by atoms with E-state index in [1.165, 1.54) is 18.2 Å². The van der Waals surface area contributed by atoms with Crippen LogP contribution < -0.4 is 15.4 Å². The molecule has 0 saturated heterocycles. The maximum Gasteiger partial charge on any atom is 0.261 e. The summed E-state index contributed by atoms with van der Waals surface area (Å²) < 4.78 is 28.2. The summed E-state index contributed by atoms with van der Waals surface area (Å²) in [6.45, 7) is 4.97. The summed E-state index contributed by atoms with van der Waals surface area (Å²) in [4.78, 5) is 12.6. The maximum atomic E-state index is 12.8. The molecule has 0 aliphatic carbocycles. The van der Waals surface area contributed by atoms with Gasteiger partial charge in [0, 0.05) is 24.5 Å². The molecule has 0 radical (unpaired) electrons. The number of carbonyl (C=O) groups is 1. The number of halogens is 1. The number of aryl methyl sites for hydroxylation is 2. The molecule has 0 aliphatic rings. The van der Waals surface area contributed by atoms with Crippen LogP contribution in [0.15, 0.2) is 71.6 Å². The van der Waals surface area contributed by atoms with Crippen LogP contribution in [-0.4, -0.2) is 27.4 Å². The van der Waals surface area contributed by atoms with E-state index >= 15 is 0 Å². The highest BCUT2D eigenvalue weighted by molar-refractivity contribution is 7.92. The van der Waals surface area contributed by atoms with E-state index in [2.05, 4.69) is 15.4 Å². The molecular weight excluding hydrogens is 446 g/mol. The summed E-state index contributed by atoms with van der Waals surface area (Å²) in [7, 11) is -3.87. The van der Waals surface area contributed by atoms with Crippen LogP contribution in [0.4, 0.5) is 11.4 Å². The highest BCUT2D eigenvalue weighted by atomic mass is 35.5. The smallest absolute Gasteiger partial charge is 0.261 e. The maximum absolute atomic E-state index is 12.8. The second kappa shape index (κ2) is 10.5. The number of rotatable bonds is 9. The molecule has 3 N–H and O–H groups in total. The molecule has 0 saturated carbocycles. The third-order valence-corrected chi connectivity index (χ3v) is 6.70. The van der Waals surface area contributed by atoms with Crippen molar-refractivity contribution >= 4 is 38.9 Å². The summed E-state index contributed by atoms with van der Waals surface area (Å²) in [6.07, 6.45) is 0.699. The second-order valence-corrected chi connectivity index (χ2v) is 9.54. The molecule has 8 heteroatoms. The van der Waals surface area contributed by atoms with Crippen LogP contribution in [0.1, 0.15) is 27.9 Å². The fourth-order valence-corrected chi connectivity index (χ4v) is 4.32. The lowest BCUT2D eigenvalue weighted by molar-refractivity contribution is 0.0953. The molecule has 32 heavy (non-hydrogen) atoms. The quantitative estimate of drug-likeness (QED) is 0.384. The largest absolute Gasteiger partial charge is 0.385 e. The van der Waals surface area contributed by atoms with Crippen molar-refractivity contribution in [1.82, 2.24) is 5.32 Å². The summed E-state index contributed by atoms with van der Waals surface area (Å²) in [5, 5.41) is 6.24. The van der Waals surface area contributed by atoms with Gasteiger partial charge in [-0.15, -0.1) is 0 Å². The topological polar surface area (TPSA) is 87.3 Å². The minimum Gasteiger partial charge on any atom is -0.385 e. The summed E-state index contributed by atoms with van der Waals surface area (Å²) in [5.74, 6) is -0.419. The number of hydrogen-bond acceptors (Lipinski definition) is 4. The van der Waals surface area contributed by atoms with Crippen molar-refractivity contribution in [3.63, 3.8) is 0 Å². The van der Waals surface area contributed by atoms with Crippen molar-refractivity contribution < 1.29 is 13.2 Å². The van der Waals surface area contributed by atoms with Crippen molar-refractivity contribution in [1.29, 1.82) is 0 Å². The predicted octanol–water partition coefficient (Wildman–Crippen LogP) is 4.99. The van der Waals surface area contributed by atoms with E-state index in [9.17, 15) is 13.2 Å². The lowest BCUT2D eigenvalue weighted by Gasteiger charge is -2.12. The number of sulfonamides is 1. The molecule has 0 aliphatic heterocycles. The fourth-order valence-electron chi connectivity index (χ4n) is 3.04. The normalized spacial score (nSPS) is 11.1. The first-order chi connectivity index (χ1) is 15.3. The van der Waals surface area contributed by atoms with Gasteiger partial charge < -0.3 is 10.6 Å². The van der Waals surface area contributed by atoms with Crippen molar-refractivity contribution in [3.8, 4) is 0 Å². The van der Waals surface area contributed by atoms with Crippen LogP contribution in [0.2, 0.25) is 5.02 Å². The molecule has 3 aromatic carbocycles. The van der Waals surface area contributed by atoms with Crippen molar-refractivity contribution in [2.45, 2.75) is 25.2 Å². The molecule has 0 spiro atoms. The Kier molecular flexibility index (Phi) is 7.77. The molecule has 0 aromatic heterocycles. The average Bonchev–Trinajstić information content (AvgIpc) is 2.76. The zero-order valence-electron chi connectivity index (χ0n) is 18.0. The standard InChI is InChI=1S/C24H26ClN3O3S/c1-17-9-10-20(15-18(17)2)28-32(30,31)21-11-12-23(25)22(16-21)24(29)27-14-6-13-26-19-7-4-3-5-8-19/h3-5,7-12,15-16,26,28H,6,13-14H2,1-2H3,(H,27,29). The molecule has 0 atom stereocenters. The molecule has 0 bridgehead atoms. The molecule has 1 amide bonds. The van der Waals surface area contributed by atoms with Gasteiger partial charge in [-0.05, 0) is 73.9 Å². The lowest BCUT2D eigenvalue weighted by atomic mass is 10.1. The number of nitrogens with one attached hydrogen (secondary N) is 3. The Morgan fingerprint density at radius 2 is 1.62 bits per heavy atom. The minimum atomic E-state index is -3.87. The Morgan fingerprint density at radius 3 is 2.34 bits per heavy atom. The molecule has 3 aromatic rings. The molecular formula is C24H26ClN3O3S. The predicted molar refractivity (Wildman–Crippen MR) is 130 cm³/mol. The first kappa shape index (κ1) is 23.6. The first-order valence-corrected chi connectivity index (χ1v) is 12.1. The van der Waals surface area contributed by atoms with Gasteiger partial charge in [-0.1, -0.05) is 35.9 Å². The second-order valence-electron chi connectivity index (χ2n) is 7.45. The average molecular weight is 472 g/mol. The van der Waals surface area contributed by atoms with Gasteiger partial charge in [-0.3, -0.25) is 9.52 Å². The van der Waals surface area contributed by atoms with Crippen molar-refractivity contribution in [3.05, 3.63) is 88.4 Å². The fraction of sp³-hybridized carbons (Fsp3) is 0.208. The van der Waals surface area contributed by atoms with Crippen molar-refractivity contribution in [2.24, 2.45) is 0 Å². The van der Waals surface area contributed by atoms with Gasteiger partial charge in [0.05, 0.1) is 15.5 Å². The van der Waals surface area contributed by atoms with E-state index in [1.807, 2.05) is 50.2 Å². The highest BCUT2D eigenvalue weighted by Crippen LogP contribution is 2.23. The van der Waals surface area contributed by atoms with Crippen LogP contribution >= 0.6 is 11.6 Å². The van der Waals surface area contributed by atoms with Gasteiger partial charge >= 0.3 is 0 Å². The van der Waals surface area contributed by atoms with E-state index in [0.717, 1.165) is 16.8 Å². The van der Waals surface area contributed by atoms with Gasteiger partial charge in [-0.25, -0.2) is 8.42 Å². The highest BCUT2D eigenvalue weighted by Gasteiger charge is 2.19. The molecule has 6 nitrogen and oxygen atoms in total. The number of carbonyl (C=O) groups excluding carboxylic acids is 1. The molecule has 168 valence electrons. The molecule has 0 heterocycles. The number of benzene rings is 3.